The molecular formula is C15H13BrN2O3. The number of carbonyl (C=O) groups excluding carboxylic acids is 1. The third-order valence-corrected chi connectivity index (χ3v) is 3.35. The summed E-state index contributed by atoms with van der Waals surface area (Å²) in [5.74, 6) is -0.564. The van der Waals surface area contributed by atoms with Gasteiger partial charge in [0.15, 0.2) is 0 Å². The Bertz CT molecular complexity index is 669. The first-order chi connectivity index (χ1) is 10.1. The average Bonchev–Trinajstić information content (AvgIpc) is 2.49. The molecule has 21 heavy (non-hydrogen) atoms. The van der Waals surface area contributed by atoms with Gasteiger partial charge in [0.2, 0.25) is 0 Å². The average molecular weight is 349 g/mol. The summed E-state index contributed by atoms with van der Waals surface area (Å²) >= 11 is 3.32. The minimum Gasteiger partial charge on any atom is -0.455 e. The molecule has 6 heteroatoms. The number of esters is 1. The maximum atomic E-state index is 11.9. The molecule has 2 rings (SSSR count). The van der Waals surface area contributed by atoms with Crippen LogP contribution in [-0.4, -0.2) is 23.5 Å². The van der Waals surface area contributed by atoms with Gasteiger partial charge < -0.3 is 15.7 Å². The Morgan fingerprint density at radius 2 is 1.86 bits per heavy atom. The number of benzene rings is 2. The van der Waals surface area contributed by atoms with E-state index >= 15 is 0 Å². The molecule has 0 atom stereocenters. The second-order valence-electron chi connectivity index (χ2n) is 4.22. The van der Waals surface area contributed by atoms with Gasteiger partial charge in [-0.2, -0.15) is 0 Å². The van der Waals surface area contributed by atoms with Gasteiger partial charge in [0.25, 0.3) is 0 Å². The van der Waals surface area contributed by atoms with E-state index in [0.717, 1.165) is 4.47 Å². The van der Waals surface area contributed by atoms with Gasteiger partial charge in [-0.25, -0.2) is 4.79 Å². The summed E-state index contributed by atoms with van der Waals surface area (Å²) in [6.07, 6.45) is 0. The first-order valence-corrected chi connectivity index (χ1v) is 6.89. The number of anilines is 1. The smallest absolute Gasteiger partial charge is 0.340 e. The van der Waals surface area contributed by atoms with E-state index in [1.807, 2.05) is 0 Å². The molecule has 0 saturated heterocycles. The molecule has 0 aliphatic heterocycles. The highest BCUT2D eigenvalue weighted by Crippen LogP contribution is 2.14. The van der Waals surface area contributed by atoms with Gasteiger partial charge in [-0.15, -0.1) is 0 Å². The summed E-state index contributed by atoms with van der Waals surface area (Å²) in [6, 6.07) is 13.7. The van der Waals surface area contributed by atoms with Crippen molar-refractivity contribution in [2.24, 2.45) is 5.16 Å². The fourth-order valence-corrected chi connectivity index (χ4v) is 1.97. The molecule has 108 valence electrons. The highest BCUT2D eigenvalue weighted by atomic mass is 79.9. The molecule has 0 radical (unpaired) electrons. The molecule has 2 aromatic rings. The van der Waals surface area contributed by atoms with E-state index in [4.69, 9.17) is 15.7 Å². The lowest BCUT2D eigenvalue weighted by Crippen LogP contribution is -2.16. The van der Waals surface area contributed by atoms with Gasteiger partial charge in [0.1, 0.15) is 12.3 Å². The van der Waals surface area contributed by atoms with Crippen molar-refractivity contribution < 1.29 is 14.7 Å². The van der Waals surface area contributed by atoms with Gasteiger partial charge in [0, 0.05) is 15.7 Å². The summed E-state index contributed by atoms with van der Waals surface area (Å²) in [4.78, 5) is 11.9. The summed E-state index contributed by atoms with van der Waals surface area (Å²) in [5, 5.41) is 12.2. The molecule has 0 bridgehead atoms. The van der Waals surface area contributed by atoms with Gasteiger partial charge in [-0.05, 0) is 24.3 Å². The molecule has 0 amide bonds. The Kier molecular flexibility index (Phi) is 4.94. The fourth-order valence-electron chi connectivity index (χ4n) is 1.71. The van der Waals surface area contributed by atoms with Crippen LogP contribution < -0.4 is 5.73 Å². The molecule has 0 aliphatic carbocycles. The normalized spacial score (nSPS) is 11.2. The number of hydrogen-bond donors (Lipinski definition) is 2. The van der Waals surface area contributed by atoms with Crippen LogP contribution in [0.4, 0.5) is 5.69 Å². The molecule has 0 spiro atoms. The molecule has 0 heterocycles. The zero-order chi connectivity index (χ0) is 15.2. The summed E-state index contributed by atoms with van der Waals surface area (Å²) in [6.45, 7) is -0.148. The van der Waals surface area contributed by atoms with Gasteiger partial charge in [-0.1, -0.05) is 45.4 Å². The fraction of sp³-hybridized carbons (Fsp3) is 0.0667. The molecule has 0 aliphatic rings. The van der Waals surface area contributed by atoms with Crippen molar-refractivity contribution in [2.75, 3.05) is 12.3 Å². The molecule has 3 N–H and O–H groups in total. The molecule has 0 aromatic heterocycles. The van der Waals surface area contributed by atoms with Crippen molar-refractivity contribution in [2.45, 2.75) is 0 Å². The molecular weight excluding hydrogens is 336 g/mol. The van der Waals surface area contributed by atoms with E-state index < -0.39 is 5.97 Å². The standard InChI is InChI=1S/C15H13BrN2O3/c16-11-7-5-10(6-8-11)14(18-20)9-21-15(19)12-3-1-2-4-13(12)17/h1-8,20H,9,17H2/b18-14+. The zero-order valence-electron chi connectivity index (χ0n) is 11.0. The lowest BCUT2D eigenvalue weighted by Gasteiger charge is -2.08. The maximum Gasteiger partial charge on any atom is 0.340 e. The minimum absolute atomic E-state index is 0.148. The largest absolute Gasteiger partial charge is 0.455 e. The van der Waals surface area contributed by atoms with Gasteiger partial charge in [-0.3, -0.25) is 0 Å². The predicted octanol–water partition coefficient (Wildman–Crippen LogP) is 3.07. The SMILES string of the molecule is Nc1ccccc1C(=O)OC/C(=N\O)c1ccc(Br)cc1. The molecule has 0 fully saturated rings. The Morgan fingerprint density at radius 1 is 1.19 bits per heavy atom. The Hall–Kier alpha value is -2.34. The number of nitrogens with two attached hydrogens (primary N) is 1. The number of oxime groups is 1. The van der Waals surface area contributed by atoms with Crippen LogP contribution in [-0.2, 0) is 4.74 Å². The quantitative estimate of drug-likeness (QED) is 0.292. The number of nitrogens with zero attached hydrogens (tertiary/aromatic N) is 1. The van der Waals surface area contributed by atoms with Crippen molar-refractivity contribution in [1.29, 1.82) is 0 Å². The second kappa shape index (κ2) is 6.90. The Labute approximate surface area is 130 Å². The lowest BCUT2D eigenvalue weighted by molar-refractivity contribution is 0.0563. The van der Waals surface area contributed by atoms with E-state index in [0.29, 0.717) is 11.3 Å². The van der Waals surface area contributed by atoms with Crippen LogP contribution in [0.2, 0.25) is 0 Å². The first kappa shape index (κ1) is 15.1. The summed E-state index contributed by atoms with van der Waals surface area (Å²) in [5.41, 5.74) is 7.24. The number of hydrogen-bond acceptors (Lipinski definition) is 5. The van der Waals surface area contributed by atoms with Crippen molar-refractivity contribution in [3.8, 4) is 0 Å². The number of halogens is 1. The van der Waals surface area contributed by atoms with Crippen molar-refractivity contribution >= 4 is 33.3 Å². The monoisotopic (exact) mass is 348 g/mol. The highest BCUT2D eigenvalue weighted by molar-refractivity contribution is 9.10. The van der Waals surface area contributed by atoms with Crippen LogP contribution in [0.5, 0.6) is 0 Å². The number of ether oxygens (including phenoxy) is 1. The molecule has 2 aromatic carbocycles. The third kappa shape index (κ3) is 3.82. The predicted molar refractivity (Wildman–Crippen MR) is 83.6 cm³/mol. The van der Waals surface area contributed by atoms with E-state index in [1.54, 1.807) is 48.5 Å². The highest BCUT2D eigenvalue weighted by Gasteiger charge is 2.13. The third-order valence-electron chi connectivity index (χ3n) is 2.82. The molecule has 0 unspecified atom stereocenters. The maximum absolute atomic E-state index is 11.9. The lowest BCUT2D eigenvalue weighted by atomic mass is 10.1. The molecule has 5 nitrogen and oxygen atoms in total. The first-order valence-electron chi connectivity index (χ1n) is 6.10. The summed E-state index contributed by atoms with van der Waals surface area (Å²) < 4.78 is 6.03. The van der Waals surface area contributed by atoms with E-state index in [1.165, 1.54) is 0 Å². The second-order valence-corrected chi connectivity index (χ2v) is 5.13. The van der Waals surface area contributed by atoms with Crippen LogP contribution in [0.1, 0.15) is 15.9 Å². The zero-order valence-corrected chi connectivity index (χ0v) is 12.6. The topological polar surface area (TPSA) is 84.9 Å². The van der Waals surface area contributed by atoms with E-state index in [-0.39, 0.29) is 17.9 Å². The van der Waals surface area contributed by atoms with E-state index in [2.05, 4.69) is 21.1 Å². The van der Waals surface area contributed by atoms with Crippen LogP contribution in [0.3, 0.4) is 0 Å². The van der Waals surface area contributed by atoms with Crippen molar-refractivity contribution in [3.05, 3.63) is 64.1 Å². The van der Waals surface area contributed by atoms with Crippen LogP contribution >= 0.6 is 15.9 Å². The number of para-hydroxylation sites is 1. The van der Waals surface area contributed by atoms with Crippen LogP contribution in [0.15, 0.2) is 58.2 Å². The summed E-state index contributed by atoms with van der Waals surface area (Å²) in [7, 11) is 0. The number of carbonyl (C=O) groups is 1. The van der Waals surface area contributed by atoms with Gasteiger partial charge in [0.05, 0.1) is 5.56 Å². The van der Waals surface area contributed by atoms with Crippen LogP contribution in [0, 0.1) is 0 Å². The minimum atomic E-state index is -0.564. The van der Waals surface area contributed by atoms with Crippen molar-refractivity contribution in [3.63, 3.8) is 0 Å². The number of nitrogen functional groups attached to an aromatic ring is 1. The molecule has 0 saturated carbocycles. The number of rotatable bonds is 4. The Morgan fingerprint density at radius 3 is 2.48 bits per heavy atom. The van der Waals surface area contributed by atoms with Crippen molar-refractivity contribution in [1.82, 2.24) is 0 Å². The van der Waals surface area contributed by atoms with E-state index in [9.17, 15) is 4.79 Å². The van der Waals surface area contributed by atoms with Gasteiger partial charge >= 0.3 is 5.97 Å². The Balaban J connectivity index is 2.06. The van der Waals surface area contributed by atoms with Crippen LogP contribution in [0.25, 0.3) is 0 Å².